The number of Topliss-reactive ketones (excluding diaryl/α,β-unsaturated/α-hetero) is 1. The summed E-state index contributed by atoms with van der Waals surface area (Å²) in [7, 11) is 0. The van der Waals surface area contributed by atoms with Crippen LogP contribution in [0.2, 0.25) is 0 Å². The lowest BCUT2D eigenvalue weighted by Crippen LogP contribution is -2.42. The maximum atomic E-state index is 14.2. The molecule has 2 nitrogen and oxygen atoms in total. The molecule has 0 saturated carbocycles. The van der Waals surface area contributed by atoms with E-state index in [1.807, 2.05) is 0 Å². The summed E-state index contributed by atoms with van der Waals surface area (Å²) in [5, 5.41) is 0. The first-order valence-corrected chi connectivity index (χ1v) is 9.65. The second-order valence-corrected chi connectivity index (χ2v) is 6.51. The van der Waals surface area contributed by atoms with Gasteiger partial charge >= 0.3 is 5.92 Å². The van der Waals surface area contributed by atoms with E-state index in [4.69, 9.17) is 4.74 Å². The minimum Gasteiger partial charge on any atom is -0.367 e. The van der Waals surface area contributed by atoms with E-state index in [1.165, 1.54) is 19.3 Å². The highest BCUT2D eigenvalue weighted by Crippen LogP contribution is 2.26. The zero-order valence-electron chi connectivity index (χ0n) is 15.6. The van der Waals surface area contributed by atoms with E-state index in [2.05, 4.69) is 20.4 Å². The third-order valence-corrected chi connectivity index (χ3v) is 4.25. The molecule has 0 aliphatic carbocycles. The van der Waals surface area contributed by atoms with Crippen LogP contribution in [0, 0.1) is 0 Å². The van der Waals surface area contributed by atoms with E-state index >= 15 is 0 Å². The molecular formula is C20H36F2O2. The van der Waals surface area contributed by atoms with Gasteiger partial charge in [0.25, 0.3) is 0 Å². The number of carbonyl (C=O) groups excluding carboxylic acids is 1. The Kier molecular flexibility index (Phi) is 14.1. The quantitative estimate of drug-likeness (QED) is 0.222. The van der Waals surface area contributed by atoms with Crippen molar-refractivity contribution < 1.29 is 18.3 Å². The van der Waals surface area contributed by atoms with Gasteiger partial charge < -0.3 is 4.74 Å². The molecule has 0 fully saturated rings. The number of unbranched alkanes of at least 4 members (excludes halogenated alkanes) is 9. The highest BCUT2D eigenvalue weighted by atomic mass is 19.3. The molecule has 0 aromatic heterocycles. The van der Waals surface area contributed by atoms with Gasteiger partial charge in [-0.05, 0) is 12.8 Å². The Morgan fingerprint density at radius 3 is 2.00 bits per heavy atom. The molecule has 1 atom stereocenters. The van der Waals surface area contributed by atoms with Gasteiger partial charge in [-0.25, -0.2) is 0 Å². The lowest BCUT2D eigenvalue weighted by Gasteiger charge is -2.23. The number of rotatable bonds is 17. The summed E-state index contributed by atoms with van der Waals surface area (Å²) in [6, 6.07) is 0. The Labute approximate surface area is 147 Å². The molecule has 0 spiro atoms. The van der Waals surface area contributed by atoms with Gasteiger partial charge in [-0.3, -0.25) is 4.79 Å². The second kappa shape index (κ2) is 14.6. The highest BCUT2D eigenvalue weighted by molar-refractivity contribution is 5.86. The largest absolute Gasteiger partial charge is 0.367 e. The standard InChI is InChI=1S/C20H36F2O2/c1-4-7-9-11-13-15-17-24-19(6-3)20(21,22)18(23)16-14-12-10-8-5-2/h6,19H,3-5,7-17H2,1-2H3. The van der Waals surface area contributed by atoms with Gasteiger partial charge in [0.1, 0.15) is 6.10 Å². The maximum Gasteiger partial charge on any atom is 0.334 e. The molecule has 142 valence electrons. The third kappa shape index (κ3) is 10.2. The predicted octanol–water partition coefficient (Wildman–Crippen LogP) is 6.48. The van der Waals surface area contributed by atoms with Crippen LogP contribution in [-0.4, -0.2) is 24.4 Å². The molecular weight excluding hydrogens is 310 g/mol. The number of ether oxygens (including phenoxy) is 1. The summed E-state index contributed by atoms with van der Waals surface area (Å²) in [6.45, 7) is 7.91. The highest BCUT2D eigenvalue weighted by Gasteiger charge is 2.45. The number of carbonyl (C=O) groups is 1. The minimum absolute atomic E-state index is 0.0819. The fourth-order valence-corrected chi connectivity index (χ4v) is 2.63. The number of halogens is 2. The molecule has 0 amide bonds. The van der Waals surface area contributed by atoms with Gasteiger partial charge in [-0.2, -0.15) is 8.78 Å². The summed E-state index contributed by atoms with van der Waals surface area (Å²) < 4.78 is 33.6. The summed E-state index contributed by atoms with van der Waals surface area (Å²) in [5.41, 5.74) is 0. The molecule has 0 bridgehead atoms. The molecule has 24 heavy (non-hydrogen) atoms. The van der Waals surface area contributed by atoms with E-state index in [1.54, 1.807) is 0 Å². The van der Waals surface area contributed by atoms with Crippen molar-refractivity contribution in [1.82, 2.24) is 0 Å². The molecule has 0 N–H and O–H groups in total. The molecule has 0 aliphatic rings. The zero-order chi connectivity index (χ0) is 18.3. The molecule has 1 unspecified atom stereocenters. The van der Waals surface area contributed by atoms with Crippen LogP contribution < -0.4 is 0 Å². The van der Waals surface area contributed by atoms with Gasteiger partial charge in [-0.1, -0.05) is 77.7 Å². The third-order valence-electron chi connectivity index (χ3n) is 4.25. The van der Waals surface area contributed by atoms with Crippen LogP contribution >= 0.6 is 0 Å². The Balaban J connectivity index is 4.06. The monoisotopic (exact) mass is 346 g/mol. The van der Waals surface area contributed by atoms with Crippen LogP contribution in [0.25, 0.3) is 0 Å². The second-order valence-electron chi connectivity index (χ2n) is 6.51. The summed E-state index contributed by atoms with van der Waals surface area (Å²) >= 11 is 0. The van der Waals surface area contributed by atoms with E-state index < -0.39 is 17.8 Å². The SMILES string of the molecule is C=CC(OCCCCCCCC)C(F)(F)C(=O)CCCCCCC. The van der Waals surface area contributed by atoms with Crippen molar-refractivity contribution in [3.63, 3.8) is 0 Å². The lowest BCUT2D eigenvalue weighted by atomic mass is 10.0. The van der Waals surface area contributed by atoms with Crippen LogP contribution in [-0.2, 0) is 9.53 Å². The summed E-state index contributed by atoms with van der Waals surface area (Å²) in [5.74, 6) is -4.49. The predicted molar refractivity (Wildman–Crippen MR) is 96.6 cm³/mol. The maximum absolute atomic E-state index is 14.2. The zero-order valence-corrected chi connectivity index (χ0v) is 15.6. The number of hydrogen-bond acceptors (Lipinski definition) is 2. The lowest BCUT2D eigenvalue weighted by molar-refractivity contribution is -0.162. The normalized spacial score (nSPS) is 13.0. The number of hydrogen-bond donors (Lipinski definition) is 0. The molecule has 0 aromatic carbocycles. The Morgan fingerprint density at radius 1 is 0.958 bits per heavy atom. The molecule has 0 aliphatic heterocycles. The van der Waals surface area contributed by atoms with Crippen molar-refractivity contribution >= 4 is 5.78 Å². The van der Waals surface area contributed by atoms with Crippen molar-refractivity contribution in [2.45, 2.75) is 103 Å². The van der Waals surface area contributed by atoms with Crippen molar-refractivity contribution in [3.05, 3.63) is 12.7 Å². The summed E-state index contributed by atoms with van der Waals surface area (Å²) in [4.78, 5) is 11.8. The van der Waals surface area contributed by atoms with E-state index in [0.29, 0.717) is 6.42 Å². The van der Waals surface area contributed by atoms with Gasteiger partial charge in [0.05, 0.1) is 0 Å². The first-order chi connectivity index (χ1) is 11.5. The first-order valence-electron chi connectivity index (χ1n) is 9.65. The molecule has 0 radical (unpaired) electrons. The number of alkyl halides is 2. The topological polar surface area (TPSA) is 26.3 Å². The van der Waals surface area contributed by atoms with Crippen molar-refractivity contribution in [2.24, 2.45) is 0 Å². The molecule has 0 heterocycles. The minimum atomic E-state index is -3.46. The fraction of sp³-hybridized carbons (Fsp3) is 0.850. The van der Waals surface area contributed by atoms with E-state index in [0.717, 1.165) is 51.0 Å². The smallest absolute Gasteiger partial charge is 0.334 e. The average molecular weight is 347 g/mol. The molecule has 4 heteroatoms. The molecule has 0 rings (SSSR count). The van der Waals surface area contributed by atoms with Crippen molar-refractivity contribution in [2.75, 3.05) is 6.61 Å². The van der Waals surface area contributed by atoms with Gasteiger partial charge in [0.15, 0.2) is 0 Å². The van der Waals surface area contributed by atoms with E-state index in [9.17, 15) is 13.6 Å². The van der Waals surface area contributed by atoms with Crippen LogP contribution in [0.5, 0.6) is 0 Å². The van der Waals surface area contributed by atoms with Gasteiger partial charge in [0, 0.05) is 13.0 Å². The van der Waals surface area contributed by atoms with Crippen molar-refractivity contribution in [1.29, 1.82) is 0 Å². The fourth-order valence-electron chi connectivity index (χ4n) is 2.63. The Hall–Kier alpha value is -0.770. The van der Waals surface area contributed by atoms with Crippen LogP contribution in [0.4, 0.5) is 8.78 Å². The number of ketones is 1. The van der Waals surface area contributed by atoms with Crippen LogP contribution in [0.15, 0.2) is 12.7 Å². The average Bonchev–Trinajstić information content (AvgIpc) is 2.56. The van der Waals surface area contributed by atoms with Gasteiger partial charge in [0.2, 0.25) is 5.78 Å². The summed E-state index contributed by atoms with van der Waals surface area (Å²) in [6.07, 6.45) is 10.4. The van der Waals surface area contributed by atoms with Crippen LogP contribution in [0.1, 0.15) is 90.9 Å². The Morgan fingerprint density at radius 2 is 1.46 bits per heavy atom. The van der Waals surface area contributed by atoms with Gasteiger partial charge in [-0.15, -0.1) is 6.58 Å². The first kappa shape index (κ1) is 23.2. The Bertz CT molecular complexity index is 330. The van der Waals surface area contributed by atoms with Crippen molar-refractivity contribution in [3.8, 4) is 0 Å². The van der Waals surface area contributed by atoms with E-state index in [-0.39, 0.29) is 13.0 Å². The van der Waals surface area contributed by atoms with Crippen LogP contribution in [0.3, 0.4) is 0 Å². The molecule has 0 saturated heterocycles. The molecule has 0 aromatic rings.